The van der Waals surface area contributed by atoms with Crippen LogP contribution < -0.4 is 5.32 Å². The van der Waals surface area contributed by atoms with Gasteiger partial charge in [-0.25, -0.2) is 9.97 Å². The van der Waals surface area contributed by atoms with Crippen LogP contribution in [-0.2, 0) is 16.0 Å². The number of aliphatic carboxylic acids is 1. The van der Waals surface area contributed by atoms with E-state index in [-0.39, 0.29) is 18.4 Å². The van der Waals surface area contributed by atoms with Crippen molar-refractivity contribution in [1.82, 2.24) is 15.3 Å². The molecule has 1 aromatic rings. The predicted octanol–water partition coefficient (Wildman–Crippen LogP) is 0.697. The second-order valence-corrected chi connectivity index (χ2v) is 4.13. The third-order valence-corrected chi connectivity index (χ3v) is 2.40. The minimum absolute atomic E-state index is 0.0228. The molecule has 0 spiro atoms. The monoisotopic (exact) mass is 251 g/mol. The van der Waals surface area contributed by atoms with Crippen LogP contribution in [-0.4, -0.2) is 33.0 Å². The lowest BCUT2D eigenvalue weighted by Crippen LogP contribution is -2.35. The van der Waals surface area contributed by atoms with Gasteiger partial charge in [0, 0.05) is 37.7 Å². The van der Waals surface area contributed by atoms with Crippen molar-refractivity contribution in [2.45, 2.75) is 39.2 Å². The molecule has 1 heterocycles. The minimum Gasteiger partial charge on any atom is -0.481 e. The van der Waals surface area contributed by atoms with Gasteiger partial charge >= 0.3 is 5.97 Å². The van der Waals surface area contributed by atoms with Crippen LogP contribution in [0, 0.1) is 6.92 Å². The molecule has 2 N–H and O–H groups in total. The number of carbonyl (C=O) groups excluding carboxylic acids is 1. The maximum absolute atomic E-state index is 11.1. The van der Waals surface area contributed by atoms with Crippen LogP contribution in [0.4, 0.5) is 0 Å². The maximum atomic E-state index is 11.1. The first-order valence-corrected chi connectivity index (χ1v) is 5.75. The highest BCUT2D eigenvalue weighted by molar-refractivity contribution is 5.73. The average Bonchev–Trinajstić information content (AvgIpc) is 2.25. The van der Waals surface area contributed by atoms with Crippen molar-refractivity contribution in [3.05, 3.63) is 23.8 Å². The van der Waals surface area contributed by atoms with Crippen molar-refractivity contribution in [2.24, 2.45) is 0 Å². The van der Waals surface area contributed by atoms with Gasteiger partial charge in [-0.05, 0) is 19.4 Å². The van der Waals surface area contributed by atoms with E-state index in [9.17, 15) is 9.59 Å². The zero-order valence-electron chi connectivity index (χ0n) is 10.5. The van der Waals surface area contributed by atoms with Gasteiger partial charge < -0.3 is 10.4 Å². The lowest BCUT2D eigenvalue weighted by molar-refractivity contribution is -0.137. The number of aromatic nitrogens is 2. The number of carboxylic acids is 1. The summed E-state index contributed by atoms with van der Waals surface area (Å²) in [7, 11) is 0. The Morgan fingerprint density at radius 3 is 2.78 bits per heavy atom. The van der Waals surface area contributed by atoms with E-state index in [0.29, 0.717) is 18.7 Å². The molecule has 0 saturated carbocycles. The SMILES string of the molecule is CC(=O)NC(CCC(=O)O)Cc1ccnc(C)n1. The highest BCUT2D eigenvalue weighted by Crippen LogP contribution is 2.06. The van der Waals surface area contributed by atoms with Crippen molar-refractivity contribution in [1.29, 1.82) is 0 Å². The van der Waals surface area contributed by atoms with E-state index in [4.69, 9.17) is 5.11 Å². The van der Waals surface area contributed by atoms with Crippen molar-refractivity contribution < 1.29 is 14.7 Å². The minimum atomic E-state index is -0.871. The van der Waals surface area contributed by atoms with E-state index >= 15 is 0 Å². The second-order valence-electron chi connectivity index (χ2n) is 4.13. The summed E-state index contributed by atoms with van der Waals surface area (Å²) in [5.74, 6) is -0.382. The fraction of sp³-hybridized carbons (Fsp3) is 0.500. The summed E-state index contributed by atoms with van der Waals surface area (Å²) >= 11 is 0. The first kappa shape index (κ1) is 14.1. The molecule has 0 aliphatic carbocycles. The highest BCUT2D eigenvalue weighted by Gasteiger charge is 2.13. The summed E-state index contributed by atoms with van der Waals surface area (Å²) in [4.78, 5) is 29.8. The quantitative estimate of drug-likeness (QED) is 0.776. The zero-order chi connectivity index (χ0) is 13.5. The molecule has 1 unspecified atom stereocenters. The molecule has 0 fully saturated rings. The summed E-state index contributed by atoms with van der Waals surface area (Å²) in [5.41, 5.74) is 0.798. The number of amides is 1. The number of carboxylic acid groups (broad SMARTS) is 1. The second kappa shape index (κ2) is 6.68. The Kier molecular flexibility index (Phi) is 5.23. The summed E-state index contributed by atoms with van der Waals surface area (Å²) in [6.45, 7) is 3.20. The third-order valence-electron chi connectivity index (χ3n) is 2.40. The van der Waals surface area contributed by atoms with E-state index in [1.807, 2.05) is 0 Å². The van der Waals surface area contributed by atoms with E-state index in [1.165, 1.54) is 6.92 Å². The Morgan fingerprint density at radius 1 is 1.50 bits per heavy atom. The first-order chi connectivity index (χ1) is 8.47. The van der Waals surface area contributed by atoms with Crippen LogP contribution in [0.15, 0.2) is 12.3 Å². The molecule has 18 heavy (non-hydrogen) atoms. The average molecular weight is 251 g/mol. The molecule has 1 aromatic heterocycles. The van der Waals surface area contributed by atoms with Crippen LogP contribution in [0.1, 0.15) is 31.3 Å². The van der Waals surface area contributed by atoms with Crippen LogP contribution in [0.5, 0.6) is 0 Å². The number of nitrogens with zero attached hydrogens (tertiary/aromatic N) is 2. The van der Waals surface area contributed by atoms with Crippen molar-refractivity contribution in [3.8, 4) is 0 Å². The van der Waals surface area contributed by atoms with Crippen molar-refractivity contribution >= 4 is 11.9 Å². The predicted molar refractivity (Wildman–Crippen MR) is 64.9 cm³/mol. The third kappa shape index (κ3) is 5.38. The summed E-state index contributed by atoms with van der Waals surface area (Å²) in [5, 5.41) is 11.4. The molecule has 0 bridgehead atoms. The van der Waals surface area contributed by atoms with Gasteiger partial charge in [-0.2, -0.15) is 0 Å². The zero-order valence-corrected chi connectivity index (χ0v) is 10.5. The standard InChI is InChI=1S/C12H17N3O3/c1-8-13-6-5-11(14-8)7-10(15-9(2)16)3-4-12(17)18/h5-6,10H,3-4,7H2,1-2H3,(H,15,16)(H,17,18). The maximum Gasteiger partial charge on any atom is 0.303 e. The molecule has 0 saturated heterocycles. The number of hydrogen-bond acceptors (Lipinski definition) is 4. The van der Waals surface area contributed by atoms with Crippen LogP contribution in [0.2, 0.25) is 0 Å². The number of aryl methyl sites for hydroxylation is 1. The van der Waals surface area contributed by atoms with Gasteiger partial charge in [0.05, 0.1) is 0 Å². The molecule has 1 atom stereocenters. The topological polar surface area (TPSA) is 92.2 Å². The smallest absolute Gasteiger partial charge is 0.303 e. The van der Waals surface area contributed by atoms with Gasteiger partial charge in [0.1, 0.15) is 5.82 Å². The Morgan fingerprint density at radius 2 is 2.22 bits per heavy atom. The van der Waals surface area contributed by atoms with Crippen LogP contribution in [0.25, 0.3) is 0 Å². The Bertz CT molecular complexity index is 434. The first-order valence-electron chi connectivity index (χ1n) is 5.75. The fourth-order valence-electron chi connectivity index (χ4n) is 1.68. The van der Waals surface area contributed by atoms with Crippen LogP contribution in [0.3, 0.4) is 0 Å². The lowest BCUT2D eigenvalue weighted by Gasteiger charge is -2.16. The number of rotatable bonds is 6. The molecule has 98 valence electrons. The highest BCUT2D eigenvalue weighted by atomic mass is 16.4. The van der Waals surface area contributed by atoms with E-state index < -0.39 is 5.97 Å². The molecule has 0 aliphatic rings. The van der Waals surface area contributed by atoms with Crippen molar-refractivity contribution in [2.75, 3.05) is 0 Å². The Balaban J connectivity index is 2.65. The van der Waals surface area contributed by atoms with Crippen molar-refractivity contribution in [3.63, 3.8) is 0 Å². The van der Waals surface area contributed by atoms with Gasteiger partial charge in [0.15, 0.2) is 0 Å². The molecule has 0 radical (unpaired) electrons. The fourth-order valence-corrected chi connectivity index (χ4v) is 1.68. The summed E-state index contributed by atoms with van der Waals surface area (Å²) < 4.78 is 0. The normalized spacial score (nSPS) is 11.9. The number of hydrogen-bond donors (Lipinski definition) is 2. The lowest BCUT2D eigenvalue weighted by atomic mass is 10.1. The van der Waals surface area contributed by atoms with E-state index in [1.54, 1.807) is 19.2 Å². The number of carbonyl (C=O) groups is 2. The van der Waals surface area contributed by atoms with Crippen LogP contribution >= 0.6 is 0 Å². The van der Waals surface area contributed by atoms with Gasteiger partial charge in [-0.1, -0.05) is 0 Å². The molecule has 0 aliphatic heterocycles. The Hall–Kier alpha value is -1.98. The molecular formula is C12H17N3O3. The molecule has 1 rings (SSSR count). The molecule has 1 amide bonds. The largest absolute Gasteiger partial charge is 0.481 e. The molecule has 6 heteroatoms. The Labute approximate surface area is 105 Å². The van der Waals surface area contributed by atoms with Gasteiger partial charge in [-0.3, -0.25) is 9.59 Å². The molecular weight excluding hydrogens is 234 g/mol. The number of nitrogens with one attached hydrogen (secondary N) is 1. The summed E-state index contributed by atoms with van der Waals surface area (Å²) in [6.07, 6.45) is 2.57. The van der Waals surface area contributed by atoms with E-state index in [2.05, 4.69) is 15.3 Å². The van der Waals surface area contributed by atoms with E-state index in [0.717, 1.165) is 5.69 Å². The molecule has 0 aromatic carbocycles. The summed E-state index contributed by atoms with van der Waals surface area (Å²) in [6, 6.07) is 1.55. The van der Waals surface area contributed by atoms with Gasteiger partial charge in [0.25, 0.3) is 0 Å². The molecule has 6 nitrogen and oxygen atoms in total. The van der Waals surface area contributed by atoms with Gasteiger partial charge in [0.2, 0.25) is 5.91 Å². The van der Waals surface area contributed by atoms with Gasteiger partial charge in [-0.15, -0.1) is 0 Å².